The molecule has 1 aliphatic carbocycles. The van der Waals surface area contributed by atoms with Crippen molar-refractivity contribution >= 4 is 35.8 Å². The Morgan fingerprint density at radius 2 is 1.89 bits per heavy atom. The van der Waals surface area contributed by atoms with Crippen molar-refractivity contribution in [2.24, 2.45) is 4.99 Å². The fraction of sp³-hybridized carbons (Fsp3) is 0.619. The summed E-state index contributed by atoms with van der Waals surface area (Å²) in [6.07, 6.45) is 8.11. The molecule has 0 bridgehead atoms. The molecule has 0 spiro atoms. The number of likely N-dealkylation sites (tertiary alicyclic amines) is 1. The van der Waals surface area contributed by atoms with Gasteiger partial charge in [-0.15, -0.1) is 24.0 Å². The van der Waals surface area contributed by atoms with E-state index in [1.54, 1.807) is 0 Å². The number of nitrogens with zero attached hydrogens (tertiary/aromatic N) is 2. The fourth-order valence-corrected chi connectivity index (χ4v) is 3.87. The van der Waals surface area contributed by atoms with E-state index in [1.165, 1.54) is 43.2 Å². The van der Waals surface area contributed by atoms with Gasteiger partial charge < -0.3 is 15.5 Å². The van der Waals surface area contributed by atoms with Crippen LogP contribution in [-0.4, -0.2) is 35.9 Å². The van der Waals surface area contributed by atoms with Gasteiger partial charge >= 0.3 is 0 Å². The van der Waals surface area contributed by atoms with Gasteiger partial charge in [0.25, 0.3) is 0 Å². The molecule has 1 saturated carbocycles. The summed E-state index contributed by atoms with van der Waals surface area (Å²) < 4.78 is 0. The molecule has 5 nitrogen and oxygen atoms in total. The highest BCUT2D eigenvalue weighted by Crippen LogP contribution is 2.19. The highest BCUT2D eigenvalue weighted by atomic mass is 127. The first-order valence-corrected chi connectivity index (χ1v) is 10.2. The predicted molar refractivity (Wildman–Crippen MR) is 121 cm³/mol. The van der Waals surface area contributed by atoms with Crippen LogP contribution < -0.4 is 10.6 Å². The van der Waals surface area contributed by atoms with Gasteiger partial charge in [-0.3, -0.25) is 4.79 Å². The SMILES string of the molecule is CCNC(=NCc1ccccc1CN1CCCC1=O)NC1CCCCC1.I. The molecule has 0 radical (unpaired) electrons. The smallest absolute Gasteiger partial charge is 0.222 e. The minimum absolute atomic E-state index is 0. The molecule has 0 aromatic heterocycles. The van der Waals surface area contributed by atoms with E-state index in [4.69, 9.17) is 4.99 Å². The molecule has 2 fully saturated rings. The van der Waals surface area contributed by atoms with E-state index in [2.05, 4.69) is 41.8 Å². The molecule has 1 amide bonds. The van der Waals surface area contributed by atoms with Crippen molar-refractivity contribution in [2.45, 2.75) is 71.0 Å². The van der Waals surface area contributed by atoms with Crippen LogP contribution in [0, 0.1) is 0 Å². The summed E-state index contributed by atoms with van der Waals surface area (Å²) in [7, 11) is 0. The first kappa shape index (κ1) is 22.0. The number of benzene rings is 1. The van der Waals surface area contributed by atoms with Crippen LogP contribution in [0.3, 0.4) is 0 Å². The highest BCUT2D eigenvalue weighted by Gasteiger charge is 2.21. The Kier molecular flexibility index (Phi) is 9.38. The lowest BCUT2D eigenvalue weighted by molar-refractivity contribution is -0.128. The summed E-state index contributed by atoms with van der Waals surface area (Å²) in [5.74, 6) is 1.18. The second-order valence-corrected chi connectivity index (χ2v) is 7.36. The van der Waals surface area contributed by atoms with Crippen LogP contribution in [0.4, 0.5) is 0 Å². The van der Waals surface area contributed by atoms with Crippen LogP contribution >= 0.6 is 24.0 Å². The molecule has 1 saturated heterocycles. The van der Waals surface area contributed by atoms with Gasteiger partial charge in [-0.05, 0) is 37.3 Å². The Bertz CT molecular complexity index is 628. The molecule has 1 heterocycles. The maximum absolute atomic E-state index is 11.9. The third-order valence-electron chi connectivity index (χ3n) is 5.35. The second-order valence-electron chi connectivity index (χ2n) is 7.36. The summed E-state index contributed by atoms with van der Waals surface area (Å²) in [4.78, 5) is 18.7. The molecule has 0 atom stereocenters. The lowest BCUT2D eigenvalue weighted by Gasteiger charge is -2.25. The Morgan fingerprint density at radius 1 is 1.15 bits per heavy atom. The molecule has 1 aromatic carbocycles. The summed E-state index contributed by atoms with van der Waals surface area (Å²) in [6, 6.07) is 8.90. The van der Waals surface area contributed by atoms with Gasteiger partial charge in [-0.25, -0.2) is 4.99 Å². The lowest BCUT2D eigenvalue weighted by Crippen LogP contribution is -2.44. The lowest BCUT2D eigenvalue weighted by atomic mass is 9.96. The molecule has 1 aliphatic heterocycles. The van der Waals surface area contributed by atoms with Crippen LogP contribution in [0.15, 0.2) is 29.3 Å². The highest BCUT2D eigenvalue weighted by molar-refractivity contribution is 14.0. The van der Waals surface area contributed by atoms with Crippen LogP contribution in [0.2, 0.25) is 0 Å². The topological polar surface area (TPSA) is 56.7 Å². The Labute approximate surface area is 180 Å². The monoisotopic (exact) mass is 484 g/mol. The maximum Gasteiger partial charge on any atom is 0.222 e. The summed E-state index contributed by atoms with van der Waals surface area (Å²) in [5, 5.41) is 6.98. The van der Waals surface area contributed by atoms with Crippen LogP contribution in [0.25, 0.3) is 0 Å². The largest absolute Gasteiger partial charge is 0.357 e. The van der Waals surface area contributed by atoms with E-state index in [-0.39, 0.29) is 29.9 Å². The number of carbonyl (C=O) groups is 1. The minimum Gasteiger partial charge on any atom is -0.357 e. The van der Waals surface area contributed by atoms with Crippen molar-refractivity contribution in [1.29, 1.82) is 0 Å². The summed E-state index contributed by atoms with van der Waals surface area (Å²) in [5.41, 5.74) is 2.41. The van der Waals surface area contributed by atoms with Gasteiger partial charge in [0.05, 0.1) is 6.54 Å². The molecule has 3 rings (SSSR count). The molecule has 0 unspecified atom stereocenters. The zero-order chi connectivity index (χ0) is 18.2. The van der Waals surface area contributed by atoms with Gasteiger partial charge in [-0.1, -0.05) is 43.5 Å². The first-order chi connectivity index (χ1) is 12.8. The van der Waals surface area contributed by atoms with E-state index in [0.29, 0.717) is 25.6 Å². The second kappa shape index (κ2) is 11.5. The average Bonchev–Trinajstić information content (AvgIpc) is 3.06. The van der Waals surface area contributed by atoms with Gasteiger partial charge in [0.15, 0.2) is 5.96 Å². The van der Waals surface area contributed by atoms with Gasteiger partial charge in [0.1, 0.15) is 0 Å². The number of aliphatic imine (C=N–C) groups is 1. The number of guanidine groups is 1. The number of hydrogen-bond donors (Lipinski definition) is 2. The van der Waals surface area contributed by atoms with E-state index in [9.17, 15) is 4.79 Å². The van der Waals surface area contributed by atoms with Gasteiger partial charge in [-0.2, -0.15) is 0 Å². The van der Waals surface area contributed by atoms with Crippen molar-refractivity contribution in [1.82, 2.24) is 15.5 Å². The van der Waals surface area contributed by atoms with Crippen molar-refractivity contribution in [3.8, 4) is 0 Å². The number of carbonyl (C=O) groups excluding carboxylic acids is 1. The van der Waals surface area contributed by atoms with Crippen LogP contribution in [0.1, 0.15) is 63.0 Å². The van der Waals surface area contributed by atoms with Crippen molar-refractivity contribution in [3.63, 3.8) is 0 Å². The number of hydrogen-bond acceptors (Lipinski definition) is 2. The van der Waals surface area contributed by atoms with Gasteiger partial charge in [0, 0.05) is 32.1 Å². The molecule has 150 valence electrons. The predicted octanol–water partition coefficient (Wildman–Crippen LogP) is 3.81. The molecule has 27 heavy (non-hydrogen) atoms. The van der Waals surface area contributed by atoms with Crippen molar-refractivity contribution in [3.05, 3.63) is 35.4 Å². The minimum atomic E-state index is 0. The zero-order valence-electron chi connectivity index (χ0n) is 16.4. The fourth-order valence-electron chi connectivity index (χ4n) is 3.87. The van der Waals surface area contributed by atoms with E-state index in [1.807, 2.05) is 4.90 Å². The summed E-state index contributed by atoms with van der Waals surface area (Å²) in [6.45, 7) is 5.19. The summed E-state index contributed by atoms with van der Waals surface area (Å²) >= 11 is 0. The standard InChI is InChI=1S/C21H32N4O.HI/c1-2-22-21(24-19-11-4-3-5-12-19)23-15-17-9-6-7-10-18(17)16-25-14-8-13-20(25)26;/h6-7,9-10,19H,2-5,8,11-16H2,1H3,(H2,22,23,24);1H. The first-order valence-electron chi connectivity index (χ1n) is 10.2. The number of amides is 1. The van der Waals surface area contributed by atoms with E-state index in [0.717, 1.165) is 25.5 Å². The van der Waals surface area contributed by atoms with Crippen LogP contribution in [-0.2, 0) is 17.9 Å². The van der Waals surface area contributed by atoms with Crippen LogP contribution in [0.5, 0.6) is 0 Å². The van der Waals surface area contributed by atoms with Crippen molar-refractivity contribution in [2.75, 3.05) is 13.1 Å². The molecular weight excluding hydrogens is 451 g/mol. The van der Waals surface area contributed by atoms with Gasteiger partial charge in [0.2, 0.25) is 5.91 Å². The molecule has 2 N–H and O–H groups in total. The van der Waals surface area contributed by atoms with E-state index < -0.39 is 0 Å². The number of halogens is 1. The van der Waals surface area contributed by atoms with E-state index >= 15 is 0 Å². The molecule has 6 heteroatoms. The molecule has 2 aliphatic rings. The number of rotatable bonds is 6. The number of nitrogens with one attached hydrogen (secondary N) is 2. The third-order valence-corrected chi connectivity index (χ3v) is 5.35. The molecular formula is C21H33IN4O. The van der Waals surface area contributed by atoms with Crippen molar-refractivity contribution < 1.29 is 4.79 Å². The maximum atomic E-state index is 11.9. The zero-order valence-corrected chi connectivity index (χ0v) is 18.7. The Balaban J connectivity index is 0.00000261. The average molecular weight is 484 g/mol. The Hall–Kier alpha value is -1.31. The normalized spacial score (nSPS) is 18.3. The Morgan fingerprint density at radius 3 is 2.56 bits per heavy atom. The third kappa shape index (κ3) is 6.66. The molecule has 1 aromatic rings. The quantitative estimate of drug-likeness (QED) is 0.367.